The number of rotatable bonds is 8. The van der Waals surface area contributed by atoms with Gasteiger partial charge in [0, 0.05) is 30.3 Å². The molecule has 0 aliphatic carbocycles. The second kappa shape index (κ2) is 17.8. The van der Waals surface area contributed by atoms with Crippen molar-refractivity contribution < 1.29 is 15.9 Å². The Morgan fingerprint density at radius 3 is 1.39 bits per heavy atom. The molecule has 1 aliphatic heterocycles. The Bertz CT molecular complexity index is 1310. The molecule has 0 fully saturated rings. The van der Waals surface area contributed by atoms with Crippen molar-refractivity contribution in [1.82, 2.24) is 9.55 Å². The first-order valence-corrected chi connectivity index (χ1v) is 19.3. The fourth-order valence-electron chi connectivity index (χ4n) is 5.41. The molecular formula is C37H47Cl2N4Pd-. The molecule has 1 aromatic heterocycles. The Balaban J connectivity index is 0.000000290. The molecule has 0 unspecified atom stereocenters. The summed E-state index contributed by atoms with van der Waals surface area (Å²) >= 11 is -0.106. The molecule has 0 saturated carbocycles. The van der Waals surface area contributed by atoms with Crippen LogP contribution in [0.4, 0.5) is 11.4 Å². The van der Waals surface area contributed by atoms with Crippen LogP contribution in [0.5, 0.6) is 0 Å². The Morgan fingerprint density at radius 2 is 1.05 bits per heavy atom. The van der Waals surface area contributed by atoms with Crippen LogP contribution in [0.2, 0.25) is 0 Å². The van der Waals surface area contributed by atoms with Crippen LogP contribution >= 0.6 is 19.1 Å². The van der Waals surface area contributed by atoms with Crippen LogP contribution in [0.1, 0.15) is 107 Å². The molecule has 0 radical (unpaired) electrons. The molecule has 0 atom stereocenters. The van der Waals surface area contributed by atoms with Crippen LogP contribution in [0.25, 0.3) is 0 Å². The number of hydrogen-bond acceptors (Lipinski definition) is 3. The number of anilines is 2. The molecule has 0 amide bonds. The third kappa shape index (κ3) is 9.72. The number of para-hydroxylation sites is 2. The van der Waals surface area contributed by atoms with Crippen LogP contribution in [0, 0.1) is 6.67 Å². The predicted octanol–water partition coefficient (Wildman–Crippen LogP) is 11.4. The Kier molecular flexibility index (Phi) is 14.5. The van der Waals surface area contributed by atoms with Crippen molar-refractivity contribution in [2.24, 2.45) is 0 Å². The Morgan fingerprint density at radius 1 is 0.636 bits per heavy atom. The van der Waals surface area contributed by atoms with Crippen LogP contribution in [0.15, 0.2) is 97.9 Å². The maximum atomic E-state index is 4.81. The zero-order valence-electron chi connectivity index (χ0n) is 27.2. The van der Waals surface area contributed by atoms with E-state index >= 15 is 0 Å². The number of halogens is 2. The van der Waals surface area contributed by atoms with Gasteiger partial charge in [0.2, 0.25) is 0 Å². The maximum absolute atomic E-state index is 4.81. The van der Waals surface area contributed by atoms with E-state index in [4.69, 9.17) is 19.1 Å². The van der Waals surface area contributed by atoms with Gasteiger partial charge >= 0.3 is 35.0 Å². The molecule has 0 bridgehead atoms. The van der Waals surface area contributed by atoms with E-state index in [2.05, 4.69) is 142 Å². The topological polar surface area (TPSA) is 24.3 Å². The van der Waals surface area contributed by atoms with Gasteiger partial charge in [-0.2, -0.15) is 0 Å². The summed E-state index contributed by atoms with van der Waals surface area (Å²) in [6.07, 6.45) is 10.0. The molecule has 5 rings (SSSR count). The van der Waals surface area contributed by atoms with E-state index in [0.717, 1.165) is 6.54 Å². The quantitative estimate of drug-likeness (QED) is 0.134. The minimum Gasteiger partial charge on any atom is -0.333 e. The molecule has 4 nitrogen and oxygen atoms in total. The van der Waals surface area contributed by atoms with Crippen LogP contribution in [0.3, 0.4) is 0 Å². The summed E-state index contributed by atoms with van der Waals surface area (Å²) in [6, 6.07) is 23.9. The monoisotopic (exact) mass is 723 g/mol. The maximum Gasteiger partial charge on any atom is 0.0949 e. The minimum absolute atomic E-state index is 0.106. The van der Waals surface area contributed by atoms with Gasteiger partial charge in [-0.1, -0.05) is 122 Å². The molecule has 44 heavy (non-hydrogen) atoms. The standard InChI is InChI=1S/C27H37N2.C10H10N2.2ClH.Pd/c1-18(2)22-11-9-12-23(19(3)4)26(22)28-15-16-29(17-28)27-24(20(5)6)13-10-14-25(27)21(7)8;1-2-4-10(5-3-1)8-12-7-6-11-9-12;;;/h9-21H,1-8H3;1-7,9H,8H2;2*1H;/q-1;;;;+2/p-2. The summed E-state index contributed by atoms with van der Waals surface area (Å²) < 4.78 is 2.05. The van der Waals surface area contributed by atoms with Crippen molar-refractivity contribution in [3.63, 3.8) is 0 Å². The van der Waals surface area contributed by atoms with Crippen molar-refractivity contribution >= 4 is 30.4 Å². The van der Waals surface area contributed by atoms with Gasteiger partial charge in [0.05, 0.1) is 6.33 Å². The van der Waals surface area contributed by atoms with E-state index in [1.165, 1.54) is 39.2 Å². The third-order valence-corrected chi connectivity index (χ3v) is 7.61. The largest absolute Gasteiger partial charge is 0.333 e. The number of imidazole rings is 1. The normalized spacial score (nSPS) is 12.7. The van der Waals surface area contributed by atoms with Crippen LogP contribution < -0.4 is 9.80 Å². The molecule has 0 saturated heterocycles. The van der Waals surface area contributed by atoms with E-state index < -0.39 is 0 Å². The summed E-state index contributed by atoms with van der Waals surface area (Å²) in [5.41, 5.74) is 9.59. The predicted molar refractivity (Wildman–Crippen MR) is 187 cm³/mol. The van der Waals surface area contributed by atoms with Gasteiger partial charge in [-0.25, -0.2) is 4.98 Å². The van der Waals surface area contributed by atoms with E-state index in [1.807, 2.05) is 30.7 Å². The van der Waals surface area contributed by atoms with Crippen molar-refractivity contribution in [3.05, 3.63) is 132 Å². The van der Waals surface area contributed by atoms with E-state index in [1.54, 1.807) is 6.20 Å². The molecule has 2 heterocycles. The van der Waals surface area contributed by atoms with E-state index in [9.17, 15) is 0 Å². The second-order valence-electron chi connectivity index (χ2n) is 12.2. The average molecular weight is 725 g/mol. The Labute approximate surface area is 282 Å². The molecule has 7 heteroatoms. The van der Waals surface area contributed by atoms with E-state index in [-0.39, 0.29) is 15.9 Å². The molecular weight excluding hydrogens is 678 g/mol. The summed E-state index contributed by atoms with van der Waals surface area (Å²) in [5, 5.41) is 0. The molecule has 0 N–H and O–H groups in total. The summed E-state index contributed by atoms with van der Waals surface area (Å²) in [6.45, 7) is 21.4. The minimum atomic E-state index is -0.106. The average Bonchev–Trinajstić information content (AvgIpc) is 3.70. The van der Waals surface area contributed by atoms with Crippen molar-refractivity contribution in [3.8, 4) is 0 Å². The number of hydrogen-bond donors (Lipinski definition) is 0. The molecule has 240 valence electrons. The van der Waals surface area contributed by atoms with Gasteiger partial charge in [-0.3, -0.25) is 0 Å². The van der Waals surface area contributed by atoms with Gasteiger partial charge in [0.1, 0.15) is 0 Å². The van der Waals surface area contributed by atoms with Gasteiger partial charge in [0.15, 0.2) is 0 Å². The van der Waals surface area contributed by atoms with Gasteiger partial charge in [-0.05, 0) is 63.9 Å². The van der Waals surface area contributed by atoms with Gasteiger partial charge in [0.25, 0.3) is 0 Å². The summed E-state index contributed by atoms with van der Waals surface area (Å²) in [5.74, 6) is 1.92. The van der Waals surface area contributed by atoms with Gasteiger partial charge < -0.3 is 14.4 Å². The summed E-state index contributed by atoms with van der Waals surface area (Å²) in [7, 11) is 9.63. The smallest absolute Gasteiger partial charge is 0.0949 e. The van der Waals surface area contributed by atoms with Crippen molar-refractivity contribution in [2.75, 3.05) is 9.80 Å². The first-order chi connectivity index (χ1) is 21.1. The van der Waals surface area contributed by atoms with Gasteiger partial charge in [-0.15, -0.1) is 6.67 Å². The fourth-order valence-corrected chi connectivity index (χ4v) is 5.41. The van der Waals surface area contributed by atoms with Crippen LogP contribution in [-0.4, -0.2) is 9.55 Å². The van der Waals surface area contributed by atoms with Crippen molar-refractivity contribution in [1.29, 1.82) is 0 Å². The number of nitrogens with zero attached hydrogens (tertiary/aromatic N) is 4. The molecule has 3 aromatic carbocycles. The zero-order chi connectivity index (χ0) is 32.2. The number of benzene rings is 3. The zero-order valence-corrected chi connectivity index (χ0v) is 30.3. The van der Waals surface area contributed by atoms with Crippen molar-refractivity contribution in [2.45, 2.75) is 85.6 Å². The molecule has 1 aliphatic rings. The first-order valence-electron chi connectivity index (χ1n) is 15.3. The fraction of sp³-hybridized carbons (Fsp3) is 0.351. The molecule has 4 aromatic rings. The Hall–Kier alpha value is -2.55. The first kappa shape index (κ1) is 35.9. The summed E-state index contributed by atoms with van der Waals surface area (Å²) in [4.78, 5) is 8.63. The number of aromatic nitrogens is 2. The molecule has 0 spiro atoms. The third-order valence-electron chi connectivity index (χ3n) is 7.61. The SMILES string of the molecule is CC(C)c1cccc(C(C)C)c1N1C=CN(c2c(C(C)C)cccc2C(C)C)[CH-]1.[Cl][Pd][Cl].c1ccc(Cn2ccnc2)cc1. The van der Waals surface area contributed by atoms with Crippen LogP contribution in [-0.2, 0) is 22.5 Å². The second-order valence-corrected chi connectivity index (χ2v) is 14.5. The van der Waals surface area contributed by atoms with E-state index in [0.29, 0.717) is 23.7 Å².